The number of hydrogen-bond donors (Lipinski definition) is 0. The number of benzene rings is 2. The number of rotatable bonds is 4. The minimum Gasteiger partial charge on any atom is -0.454 e. The molecular weight excluding hydrogens is 271 g/mol. The van der Waals surface area contributed by atoms with Gasteiger partial charge >= 0.3 is 5.97 Å². The van der Waals surface area contributed by atoms with Gasteiger partial charge < -0.3 is 4.74 Å². The van der Waals surface area contributed by atoms with Crippen LogP contribution >= 0.6 is 0 Å². The molecule has 4 heteroatoms. The largest absolute Gasteiger partial charge is 0.454 e. The van der Waals surface area contributed by atoms with Crippen LogP contribution in [-0.4, -0.2) is 18.4 Å². The number of ketones is 1. The summed E-state index contributed by atoms with van der Waals surface area (Å²) in [5.41, 5.74) is 2.03. The fraction of sp³-hybridized carbons (Fsp3) is 0.176. The lowest BCUT2D eigenvalue weighted by Gasteiger charge is -2.08. The van der Waals surface area contributed by atoms with Crippen molar-refractivity contribution in [1.29, 1.82) is 0 Å². The Bertz CT molecular complexity index is 692. The third-order valence-electron chi connectivity index (χ3n) is 3.12. The lowest BCUT2D eigenvalue weighted by molar-refractivity contribution is 0.0472. The average molecular weight is 286 g/mol. The zero-order chi connectivity index (χ0) is 15.4. The molecule has 0 amide bonds. The normalized spacial score (nSPS) is 10.2. The predicted octanol–water partition coefficient (Wildman–Crippen LogP) is 3.48. The van der Waals surface area contributed by atoms with E-state index in [4.69, 9.17) is 4.74 Å². The monoisotopic (exact) mass is 286 g/mol. The molecule has 0 saturated heterocycles. The molecule has 0 aliphatic rings. The fourth-order valence-electron chi connectivity index (χ4n) is 1.93. The molecule has 0 heterocycles. The smallest absolute Gasteiger partial charge is 0.338 e. The molecule has 0 aromatic heterocycles. The zero-order valence-corrected chi connectivity index (χ0v) is 11.9. The Balaban J connectivity index is 2.06. The van der Waals surface area contributed by atoms with Crippen LogP contribution in [0.1, 0.15) is 31.8 Å². The molecular formula is C17H15FO3. The van der Waals surface area contributed by atoms with Gasteiger partial charge in [0.05, 0.1) is 11.1 Å². The van der Waals surface area contributed by atoms with Crippen molar-refractivity contribution in [2.24, 2.45) is 0 Å². The van der Waals surface area contributed by atoms with Crippen LogP contribution in [-0.2, 0) is 4.74 Å². The van der Waals surface area contributed by atoms with Gasteiger partial charge in [0.15, 0.2) is 6.61 Å². The van der Waals surface area contributed by atoms with Gasteiger partial charge in [0.2, 0.25) is 5.78 Å². The highest BCUT2D eigenvalue weighted by atomic mass is 19.1. The summed E-state index contributed by atoms with van der Waals surface area (Å²) in [6.45, 7) is 3.17. The quantitative estimate of drug-likeness (QED) is 0.638. The van der Waals surface area contributed by atoms with Gasteiger partial charge in [0, 0.05) is 0 Å². The first-order valence-electron chi connectivity index (χ1n) is 6.51. The van der Waals surface area contributed by atoms with E-state index < -0.39 is 24.2 Å². The summed E-state index contributed by atoms with van der Waals surface area (Å²) >= 11 is 0. The van der Waals surface area contributed by atoms with E-state index in [0.717, 1.165) is 11.1 Å². The van der Waals surface area contributed by atoms with E-state index in [9.17, 15) is 14.0 Å². The van der Waals surface area contributed by atoms with E-state index in [2.05, 4.69) is 0 Å². The van der Waals surface area contributed by atoms with Crippen LogP contribution in [0.25, 0.3) is 0 Å². The van der Waals surface area contributed by atoms with Gasteiger partial charge in [0.1, 0.15) is 5.82 Å². The van der Waals surface area contributed by atoms with Crippen LogP contribution < -0.4 is 0 Å². The number of carbonyl (C=O) groups is 2. The van der Waals surface area contributed by atoms with Gasteiger partial charge in [-0.15, -0.1) is 0 Å². The van der Waals surface area contributed by atoms with E-state index in [1.165, 1.54) is 18.2 Å². The Morgan fingerprint density at radius 2 is 1.76 bits per heavy atom. The number of halogens is 1. The van der Waals surface area contributed by atoms with Gasteiger partial charge in [-0.25, -0.2) is 9.18 Å². The summed E-state index contributed by atoms with van der Waals surface area (Å²) in [6.07, 6.45) is 0. The molecule has 0 bridgehead atoms. The molecule has 2 aromatic rings. The van der Waals surface area contributed by atoms with E-state index >= 15 is 0 Å². The Hall–Kier alpha value is -2.49. The van der Waals surface area contributed by atoms with Gasteiger partial charge in [-0.2, -0.15) is 0 Å². The molecule has 2 rings (SSSR count). The second kappa shape index (κ2) is 6.31. The molecule has 2 aromatic carbocycles. The topological polar surface area (TPSA) is 43.4 Å². The second-order valence-electron chi connectivity index (χ2n) is 4.80. The Morgan fingerprint density at radius 1 is 1.05 bits per heavy atom. The minimum absolute atomic E-state index is 0.0775. The number of hydrogen-bond acceptors (Lipinski definition) is 3. The number of ether oxygens (including phenoxy) is 1. The third kappa shape index (κ3) is 3.54. The molecule has 0 saturated carbocycles. The third-order valence-corrected chi connectivity index (χ3v) is 3.12. The molecule has 21 heavy (non-hydrogen) atoms. The maximum absolute atomic E-state index is 13.4. The molecule has 0 atom stereocenters. The summed E-state index contributed by atoms with van der Waals surface area (Å²) in [4.78, 5) is 23.8. The highest BCUT2D eigenvalue weighted by Crippen LogP contribution is 2.13. The van der Waals surface area contributed by atoms with Gasteiger partial charge in [0.25, 0.3) is 0 Å². The minimum atomic E-state index is -0.620. The standard InChI is InChI=1S/C17H15FO3/c1-11-7-8-12(2)14(9-11)17(20)21-10-16(19)13-5-3-4-6-15(13)18/h3-9H,10H2,1-2H3. The van der Waals surface area contributed by atoms with E-state index in [1.807, 2.05) is 19.1 Å². The Kier molecular flexibility index (Phi) is 4.48. The van der Waals surface area contributed by atoms with Crippen molar-refractivity contribution >= 4 is 11.8 Å². The highest BCUT2D eigenvalue weighted by molar-refractivity contribution is 5.99. The second-order valence-corrected chi connectivity index (χ2v) is 4.80. The van der Waals surface area contributed by atoms with Crippen molar-refractivity contribution in [3.05, 3.63) is 70.5 Å². The van der Waals surface area contributed by atoms with E-state index in [0.29, 0.717) is 5.56 Å². The first kappa shape index (κ1) is 14.9. The van der Waals surface area contributed by atoms with Gasteiger partial charge in [-0.3, -0.25) is 4.79 Å². The van der Waals surface area contributed by atoms with Crippen molar-refractivity contribution in [2.45, 2.75) is 13.8 Å². The van der Waals surface area contributed by atoms with E-state index in [-0.39, 0.29) is 5.56 Å². The number of aryl methyl sites for hydroxylation is 2. The summed E-state index contributed by atoms with van der Waals surface area (Å²) in [7, 11) is 0. The summed E-state index contributed by atoms with van der Waals surface area (Å²) in [5, 5.41) is 0. The van der Waals surface area contributed by atoms with Crippen molar-refractivity contribution < 1.29 is 18.7 Å². The van der Waals surface area contributed by atoms with Gasteiger partial charge in [-0.05, 0) is 37.6 Å². The fourth-order valence-corrected chi connectivity index (χ4v) is 1.93. The molecule has 108 valence electrons. The molecule has 0 unspecified atom stereocenters. The summed E-state index contributed by atoms with van der Waals surface area (Å²) in [6, 6.07) is 11.0. The SMILES string of the molecule is Cc1ccc(C)c(C(=O)OCC(=O)c2ccccc2F)c1. The number of Topliss-reactive ketones (excluding diaryl/α,β-unsaturated/α-hetero) is 1. The van der Waals surface area contributed by atoms with Crippen molar-refractivity contribution in [3.8, 4) is 0 Å². The average Bonchev–Trinajstić information content (AvgIpc) is 2.47. The molecule has 0 spiro atoms. The summed E-state index contributed by atoms with van der Waals surface area (Å²) < 4.78 is 18.4. The van der Waals surface area contributed by atoms with Crippen LogP contribution in [0.3, 0.4) is 0 Å². The van der Waals surface area contributed by atoms with E-state index in [1.54, 1.807) is 19.1 Å². The molecule has 0 fully saturated rings. The zero-order valence-electron chi connectivity index (χ0n) is 11.9. The Labute approximate surface area is 122 Å². The van der Waals surface area contributed by atoms with Gasteiger partial charge in [-0.1, -0.05) is 29.8 Å². The maximum Gasteiger partial charge on any atom is 0.338 e. The van der Waals surface area contributed by atoms with Crippen molar-refractivity contribution in [3.63, 3.8) is 0 Å². The predicted molar refractivity (Wildman–Crippen MR) is 76.9 cm³/mol. The molecule has 3 nitrogen and oxygen atoms in total. The lowest BCUT2D eigenvalue weighted by Crippen LogP contribution is -2.16. The first-order valence-corrected chi connectivity index (χ1v) is 6.51. The Morgan fingerprint density at radius 3 is 2.48 bits per heavy atom. The van der Waals surface area contributed by atoms with Crippen LogP contribution in [0.4, 0.5) is 4.39 Å². The van der Waals surface area contributed by atoms with Crippen LogP contribution in [0.2, 0.25) is 0 Å². The molecule has 0 radical (unpaired) electrons. The first-order chi connectivity index (χ1) is 9.99. The number of carbonyl (C=O) groups excluding carboxylic acids is 2. The van der Waals surface area contributed by atoms with Crippen LogP contribution in [0.5, 0.6) is 0 Å². The number of esters is 1. The summed E-state index contributed by atoms with van der Waals surface area (Å²) in [5.74, 6) is -1.77. The molecule has 0 N–H and O–H groups in total. The lowest BCUT2D eigenvalue weighted by atomic mass is 10.1. The van der Waals surface area contributed by atoms with Crippen molar-refractivity contribution in [1.82, 2.24) is 0 Å². The van der Waals surface area contributed by atoms with Crippen LogP contribution in [0.15, 0.2) is 42.5 Å². The van der Waals surface area contributed by atoms with Crippen LogP contribution in [0, 0.1) is 19.7 Å². The maximum atomic E-state index is 13.4. The highest BCUT2D eigenvalue weighted by Gasteiger charge is 2.16. The van der Waals surface area contributed by atoms with Crippen molar-refractivity contribution in [2.75, 3.05) is 6.61 Å². The molecule has 0 aliphatic carbocycles. The molecule has 0 aliphatic heterocycles.